The van der Waals surface area contributed by atoms with Crippen LogP contribution in [0.1, 0.15) is 18.9 Å². The van der Waals surface area contributed by atoms with E-state index in [1.165, 1.54) is 6.42 Å². The lowest BCUT2D eigenvalue weighted by Gasteiger charge is -2.31. The molecule has 0 saturated carbocycles. The number of aryl methyl sites for hydroxylation is 1. The maximum absolute atomic E-state index is 12.1. The minimum absolute atomic E-state index is 0.0552. The van der Waals surface area contributed by atoms with Crippen LogP contribution in [0.2, 0.25) is 0 Å². The Morgan fingerprint density at radius 2 is 2.35 bits per heavy atom. The first kappa shape index (κ1) is 15.2. The number of nitrogens with two attached hydrogens (primary N) is 1. The van der Waals surface area contributed by atoms with Crippen molar-refractivity contribution in [3.05, 3.63) is 23.8 Å². The summed E-state index contributed by atoms with van der Waals surface area (Å²) in [5.74, 6) is 1.17. The number of rotatable bonds is 4. The average Bonchev–Trinajstić information content (AvgIpc) is 2.42. The lowest BCUT2D eigenvalue weighted by Crippen LogP contribution is -2.42. The van der Waals surface area contributed by atoms with Crippen molar-refractivity contribution in [2.75, 3.05) is 36.4 Å². The van der Waals surface area contributed by atoms with Crippen molar-refractivity contribution in [3.63, 3.8) is 0 Å². The highest BCUT2D eigenvalue weighted by Gasteiger charge is 2.20. The third-order valence-corrected chi connectivity index (χ3v) is 4.94. The van der Waals surface area contributed by atoms with E-state index >= 15 is 0 Å². The minimum Gasteiger partial charge on any atom is -0.399 e. The Hall–Kier alpha value is -1.20. The van der Waals surface area contributed by atoms with Gasteiger partial charge in [-0.15, -0.1) is 0 Å². The van der Waals surface area contributed by atoms with E-state index in [4.69, 9.17) is 5.73 Å². The van der Waals surface area contributed by atoms with Crippen LogP contribution >= 0.6 is 11.8 Å². The van der Waals surface area contributed by atoms with Gasteiger partial charge in [-0.25, -0.2) is 0 Å². The molecule has 1 atom stereocenters. The van der Waals surface area contributed by atoms with Crippen molar-refractivity contribution in [3.8, 4) is 0 Å². The van der Waals surface area contributed by atoms with Gasteiger partial charge in [0.15, 0.2) is 0 Å². The Morgan fingerprint density at radius 3 is 3.05 bits per heavy atom. The molecule has 1 aliphatic heterocycles. The molecule has 110 valence electrons. The zero-order valence-electron chi connectivity index (χ0n) is 12.2. The zero-order chi connectivity index (χ0) is 14.5. The summed E-state index contributed by atoms with van der Waals surface area (Å²) in [6.45, 7) is 6.64. The van der Waals surface area contributed by atoms with Crippen LogP contribution in [0, 0.1) is 6.92 Å². The number of hydrogen-bond acceptors (Lipinski definition) is 4. The number of carbonyl (C=O) groups is 1. The number of carbonyl (C=O) groups excluding carboxylic acids is 1. The molecular formula is C15H23N3OS. The Bertz CT molecular complexity index is 478. The molecule has 1 amide bonds. The fourth-order valence-electron chi connectivity index (χ4n) is 2.39. The molecule has 1 aliphatic rings. The lowest BCUT2D eigenvalue weighted by atomic mass is 10.2. The van der Waals surface area contributed by atoms with Crippen molar-refractivity contribution in [2.24, 2.45) is 0 Å². The molecule has 0 radical (unpaired) electrons. The van der Waals surface area contributed by atoms with Gasteiger partial charge in [-0.2, -0.15) is 11.8 Å². The minimum atomic E-state index is 0.0552. The molecule has 5 heteroatoms. The van der Waals surface area contributed by atoms with E-state index in [1.807, 2.05) is 36.9 Å². The lowest BCUT2D eigenvalue weighted by molar-refractivity contribution is -0.117. The second-order valence-electron chi connectivity index (χ2n) is 5.26. The van der Waals surface area contributed by atoms with Gasteiger partial charge in [0.05, 0.1) is 6.54 Å². The number of benzene rings is 1. The summed E-state index contributed by atoms with van der Waals surface area (Å²) in [6, 6.07) is 5.55. The largest absolute Gasteiger partial charge is 0.399 e. The summed E-state index contributed by atoms with van der Waals surface area (Å²) < 4.78 is 0. The molecule has 0 spiro atoms. The maximum atomic E-state index is 12.1. The van der Waals surface area contributed by atoms with Crippen LogP contribution in [-0.4, -0.2) is 41.4 Å². The Morgan fingerprint density at radius 1 is 1.55 bits per heavy atom. The Balaban J connectivity index is 1.88. The highest BCUT2D eigenvalue weighted by molar-refractivity contribution is 8.00. The van der Waals surface area contributed by atoms with Crippen LogP contribution < -0.4 is 11.1 Å². The van der Waals surface area contributed by atoms with Crippen LogP contribution in [0.5, 0.6) is 0 Å². The molecular weight excluding hydrogens is 270 g/mol. The zero-order valence-corrected chi connectivity index (χ0v) is 13.0. The van der Waals surface area contributed by atoms with E-state index in [0.29, 0.717) is 11.8 Å². The van der Waals surface area contributed by atoms with Gasteiger partial charge in [-0.3, -0.25) is 9.69 Å². The number of nitrogens with one attached hydrogen (secondary N) is 1. The molecule has 4 nitrogen and oxygen atoms in total. The van der Waals surface area contributed by atoms with Crippen LogP contribution in [-0.2, 0) is 4.79 Å². The summed E-state index contributed by atoms with van der Waals surface area (Å²) in [6.07, 6.45) is 1.17. The monoisotopic (exact) mass is 293 g/mol. The number of nitrogens with zero attached hydrogens (tertiary/aromatic N) is 1. The van der Waals surface area contributed by atoms with Crippen LogP contribution in [0.4, 0.5) is 11.4 Å². The van der Waals surface area contributed by atoms with Crippen molar-refractivity contribution in [2.45, 2.75) is 25.5 Å². The molecule has 20 heavy (non-hydrogen) atoms. The number of amides is 1. The summed E-state index contributed by atoms with van der Waals surface area (Å²) >= 11 is 2.01. The molecule has 1 unspecified atom stereocenters. The SMILES string of the molecule is CCC1CN(CC(=O)Nc2ccc(N)cc2C)CCS1. The molecule has 1 fully saturated rings. The van der Waals surface area contributed by atoms with E-state index in [-0.39, 0.29) is 5.91 Å². The molecule has 0 bridgehead atoms. The predicted octanol–water partition coefficient (Wildman–Crippen LogP) is 2.34. The quantitative estimate of drug-likeness (QED) is 0.837. The second kappa shape index (κ2) is 6.99. The van der Waals surface area contributed by atoms with Gasteiger partial charge in [0.25, 0.3) is 0 Å². The van der Waals surface area contributed by atoms with Crippen molar-refractivity contribution in [1.82, 2.24) is 4.90 Å². The number of anilines is 2. The van der Waals surface area contributed by atoms with Crippen LogP contribution in [0.3, 0.4) is 0 Å². The number of thioether (sulfide) groups is 1. The van der Waals surface area contributed by atoms with Crippen molar-refractivity contribution < 1.29 is 4.79 Å². The van der Waals surface area contributed by atoms with E-state index in [9.17, 15) is 4.79 Å². The molecule has 0 aromatic heterocycles. The van der Waals surface area contributed by atoms with Gasteiger partial charge in [-0.05, 0) is 37.1 Å². The van der Waals surface area contributed by atoms with E-state index in [0.717, 1.165) is 35.8 Å². The molecule has 1 aromatic rings. The Kier molecular flexibility index (Phi) is 5.31. The van der Waals surface area contributed by atoms with Crippen LogP contribution in [0.15, 0.2) is 18.2 Å². The second-order valence-corrected chi connectivity index (χ2v) is 6.67. The van der Waals surface area contributed by atoms with Gasteiger partial charge in [0.1, 0.15) is 0 Å². The van der Waals surface area contributed by atoms with Crippen LogP contribution in [0.25, 0.3) is 0 Å². The number of hydrogen-bond donors (Lipinski definition) is 2. The highest BCUT2D eigenvalue weighted by atomic mass is 32.2. The fraction of sp³-hybridized carbons (Fsp3) is 0.533. The first-order valence-electron chi connectivity index (χ1n) is 7.08. The molecule has 2 rings (SSSR count). The average molecular weight is 293 g/mol. The normalized spacial score (nSPS) is 19.8. The smallest absolute Gasteiger partial charge is 0.238 e. The summed E-state index contributed by atoms with van der Waals surface area (Å²) in [4.78, 5) is 14.4. The molecule has 3 N–H and O–H groups in total. The van der Waals surface area contributed by atoms with Gasteiger partial charge in [0, 0.05) is 35.5 Å². The summed E-state index contributed by atoms with van der Waals surface area (Å²) in [7, 11) is 0. The predicted molar refractivity (Wildman–Crippen MR) is 87.2 cm³/mol. The molecule has 1 aromatic carbocycles. The van der Waals surface area contributed by atoms with Gasteiger partial charge in [-0.1, -0.05) is 6.92 Å². The van der Waals surface area contributed by atoms with Gasteiger partial charge >= 0.3 is 0 Å². The van der Waals surface area contributed by atoms with Gasteiger partial charge in [0.2, 0.25) is 5.91 Å². The third kappa shape index (κ3) is 4.15. The number of nitrogen functional groups attached to an aromatic ring is 1. The van der Waals surface area contributed by atoms with Crippen molar-refractivity contribution in [1.29, 1.82) is 0 Å². The van der Waals surface area contributed by atoms with E-state index in [1.54, 1.807) is 0 Å². The third-order valence-electron chi connectivity index (χ3n) is 3.57. The Labute approximate surface area is 125 Å². The standard InChI is InChI=1S/C15H23N3OS/c1-3-13-9-18(6-7-20-13)10-15(19)17-14-5-4-12(16)8-11(14)2/h4-5,8,13H,3,6-7,9-10,16H2,1-2H3,(H,17,19). The van der Waals surface area contributed by atoms with Crippen molar-refractivity contribution >= 4 is 29.0 Å². The maximum Gasteiger partial charge on any atom is 0.238 e. The highest BCUT2D eigenvalue weighted by Crippen LogP contribution is 2.21. The van der Waals surface area contributed by atoms with E-state index < -0.39 is 0 Å². The molecule has 1 heterocycles. The fourth-order valence-corrected chi connectivity index (χ4v) is 3.64. The molecule has 0 aliphatic carbocycles. The molecule has 1 saturated heterocycles. The van der Waals surface area contributed by atoms with Gasteiger partial charge < -0.3 is 11.1 Å². The topological polar surface area (TPSA) is 58.4 Å². The summed E-state index contributed by atoms with van der Waals surface area (Å²) in [5, 5.41) is 3.64. The van der Waals surface area contributed by atoms with E-state index in [2.05, 4.69) is 17.1 Å². The first-order valence-corrected chi connectivity index (χ1v) is 8.13. The first-order chi connectivity index (χ1) is 9.58. The summed E-state index contributed by atoms with van der Waals surface area (Å²) in [5.41, 5.74) is 8.29.